The number of rotatable bonds is 6. The van der Waals surface area contributed by atoms with E-state index in [1.807, 2.05) is 0 Å². The molecule has 91 heavy (non-hydrogen) atoms. The third-order valence-electron chi connectivity index (χ3n) is 21.4. The van der Waals surface area contributed by atoms with E-state index in [1.54, 1.807) is 0 Å². The first-order chi connectivity index (χ1) is 45.2. The van der Waals surface area contributed by atoms with Crippen LogP contribution in [0.25, 0.3) is 77.2 Å². The van der Waals surface area contributed by atoms with Crippen LogP contribution in [-0.2, 0) is 5.41 Å². The highest BCUT2D eigenvalue weighted by molar-refractivity contribution is 7.12. The first kappa shape index (κ1) is 50.9. The summed E-state index contributed by atoms with van der Waals surface area (Å²) in [5, 5.41) is 5.02. The Morgan fingerprint density at radius 2 is 0.495 bits per heavy atom. The van der Waals surface area contributed by atoms with Gasteiger partial charge in [-0.25, -0.2) is 0 Å². The van der Waals surface area contributed by atoms with E-state index in [2.05, 4.69) is 337 Å². The topological polar surface area (TPSA) is 9.86 Å². The maximum absolute atomic E-state index is 2.60. The van der Waals surface area contributed by atoms with Gasteiger partial charge in [-0.2, -0.15) is 0 Å². The van der Waals surface area contributed by atoms with Gasteiger partial charge < -0.3 is 9.13 Å². The van der Waals surface area contributed by atoms with Crippen molar-refractivity contribution in [2.75, 3.05) is 0 Å². The lowest BCUT2D eigenvalue weighted by atomic mass is 9.20. The molecule has 0 N–H and O–H groups in total. The Balaban J connectivity index is 0.967. The predicted molar refractivity (Wildman–Crippen MR) is 389 cm³/mol. The molecular formula is C85H54B4N2. The average molecular weight is 1150 g/mol. The molecule has 4 heterocycles. The van der Waals surface area contributed by atoms with Gasteiger partial charge in [0.1, 0.15) is 0 Å². The molecule has 0 unspecified atom stereocenters. The van der Waals surface area contributed by atoms with Gasteiger partial charge in [0.25, 0.3) is 0 Å². The Morgan fingerprint density at radius 3 is 0.835 bits per heavy atom. The SMILES string of the molecule is c1ccc(B2c3ccccc3B(c3ccccc3)c3c2ccc2c3-c3cc(-n4c5ccccc5c5ccccc54)ccc3C23c2ccc(-n4c5ccccc5c5ccccc54)cc2-c2c3ccc3c2B(c2ccccc2)c2ccccc2B3c2ccccc2)cc1. The highest BCUT2D eigenvalue weighted by atomic mass is 15.0. The molecule has 0 bridgehead atoms. The molecule has 14 aromatic carbocycles. The van der Waals surface area contributed by atoms with Crippen molar-refractivity contribution in [3.8, 4) is 33.6 Å². The van der Waals surface area contributed by atoms with Gasteiger partial charge in [0.15, 0.2) is 0 Å². The molecule has 0 saturated carbocycles. The van der Waals surface area contributed by atoms with Gasteiger partial charge in [0.05, 0.1) is 27.5 Å². The van der Waals surface area contributed by atoms with E-state index in [-0.39, 0.29) is 26.9 Å². The van der Waals surface area contributed by atoms with Crippen LogP contribution in [0.5, 0.6) is 0 Å². The Bertz CT molecular complexity index is 5240. The quantitative estimate of drug-likeness (QED) is 0.147. The van der Waals surface area contributed by atoms with E-state index < -0.39 is 5.41 Å². The standard InChI is InChI=1S/C85H54B4N2/c1-5-25-55(26-6-1)86-71-37-17-19-39-73(71)88(57-29-9-3-10-30-57)83-75(86)51-49-69-81(83)65-53-59(90-77-41-21-13-33-61(77)62-34-14-22-42-78(62)90)45-47-67(65)85(69)68-48-46-60(91-79-43-23-15-35-63(79)64-36-16-24-44-80(64)91)54-66(68)82-70(85)50-52-76-84(82)89(58-31-11-4-12-32-58)74-40-20-18-38-72(74)87(76)56-27-7-2-8-28-56/h1-54H. The summed E-state index contributed by atoms with van der Waals surface area (Å²) >= 11 is 0. The largest absolute Gasteiger partial charge is 0.309 e. The van der Waals surface area contributed by atoms with Crippen LogP contribution in [0.4, 0.5) is 0 Å². The lowest BCUT2D eigenvalue weighted by Crippen LogP contribution is -2.75. The molecule has 1 spiro atoms. The van der Waals surface area contributed by atoms with E-state index in [0.29, 0.717) is 0 Å². The van der Waals surface area contributed by atoms with Crippen LogP contribution in [0.3, 0.4) is 0 Å². The van der Waals surface area contributed by atoms with Gasteiger partial charge >= 0.3 is 0 Å². The summed E-state index contributed by atoms with van der Waals surface area (Å²) in [5.74, 6) is 0. The smallest absolute Gasteiger partial charge is 0.240 e. The summed E-state index contributed by atoms with van der Waals surface area (Å²) in [5.41, 5.74) is 33.1. The highest BCUT2D eigenvalue weighted by Crippen LogP contribution is 2.63. The van der Waals surface area contributed by atoms with Crippen molar-refractivity contribution in [1.29, 1.82) is 0 Å². The van der Waals surface area contributed by atoms with Crippen molar-refractivity contribution < 1.29 is 0 Å². The van der Waals surface area contributed by atoms with Gasteiger partial charge in [0.2, 0.25) is 26.9 Å². The maximum Gasteiger partial charge on any atom is 0.240 e. The fraction of sp³-hybridized carbons (Fsp3) is 0.0118. The summed E-state index contributed by atoms with van der Waals surface area (Å²) in [6, 6.07) is 126. The summed E-state index contributed by atoms with van der Waals surface area (Å²) in [6.07, 6.45) is 0. The van der Waals surface area contributed by atoms with Gasteiger partial charge in [0, 0.05) is 32.9 Å². The molecule has 4 aliphatic rings. The van der Waals surface area contributed by atoms with Gasteiger partial charge in [-0.1, -0.05) is 345 Å². The van der Waals surface area contributed by atoms with Crippen molar-refractivity contribution in [3.63, 3.8) is 0 Å². The number of hydrogen-bond donors (Lipinski definition) is 0. The van der Waals surface area contributed by atoms with E-state index in [1.165, 1.54) is 154 Å². The molecule has 0 radical (unpaired) electrons. The van der Waals surface area contributed by atoms with E-state index in [9.17, 15) is 0 Å². The monoisotopic (exact) mass is 1150 g/mol. The third-order valence-corrected chi connectivity index (χ3v) is 21.4. The molecule has 0 atom stereocenters. The highest BCUT2D eigenvalue weighted by Gasteiger charge is 2.56. The third kappa shape index (κ3) is 6.97. The molecule has 0 amide bonds. The fourth-order valence-electron chi connectivity index (χ4n) is 18.0. The second kappa shape index (κ2) is 19.5. The Hall–Kier alpha value is -11.1. The molecule has 16 aromatic rings. The van der Waals surface area contributed by atoms with Crippen LogP contribution in [-0.4, -0.2) is 36.0 Å². The molecule has 2 aliphatic heterocycles. The molecule has 2 aromatic heterocycles. The number of para-hydroxylation sites is 4. The molecule has 2 aliphatic carbocycles. The predicted octanol–water partition coefficient (Wildman–Crippen LogP) is 10.9. The summed E-state index contributed by atoms with van der Waals surface area (Å²) in [6.45, 7) is -0.115. The Morgan fingerprint density at radius 1 is 0.220 bits per heavy atom. The number of benzene rings is 14. The minimum atomic E-state index is -0.751. The lowest BCUT2D eigenvalue weighted by Gasteiger charge is -2.36. The van der Waals surface area contributed by atoms with E-state index in [0.717, 1.165) is 11.4 Å². The van der Waals surface area contributed by atoms with Crippen LogP contribution in [0.15, 0.2) is 328 Å². The van der Waals surface area contributed by atoms with Gasteiger partial charge in [-0.3, -0.25) is 0 Å². The molecular weight excluding hydrogens is 1090 g/mol. The van der Waals surface area contributed by atoms with Crippen molar-refractivity contribution in [2.45, 2.75) is 5.41 Å². The lowest BCUT2D eigenvalue weighted by molar-refractivity contribution is 0.794. The summed E-state index contributed by atoms with van der Waals surface area (Å²) in [4.78, 5) is 0. The molecule has 416 valence electrons. The summed E-state index contributed by atoms with van der Waals surface area (Å²) < 4.78 is 5.05. The second-order valence-electron chi connectivity index (χ2n) is 25.6. The molecule has 0 saturated heterocycles. The van der Waals surface area contributed by atoms with Crippen LogP contribution in [0.2, 0.25) is 0 Å². The van der Waals surface area contributed by atoms with Gasteiger partial charge in [-0.05, 0) is 93.0 Å². The van der Waals surface area contributed by atoms with Crippen molar-refractivity contribution in [2.24, 2.45) is 0 Å². The van der Waals surface area contributed by atoms with Crippen LogP contribution in [0, 0.1) is 0 Å². The number of hydrogen-bond acceptors (Lipinski definition) is 0. The minimum absolute atomic E-state index is 0.00347. The number of fused-ring (bicyclic) bond motifs is 22. The first-order valence-corrected chi connectivity index (χ1v) is 32.2. The molecule has 6 heteroatoms. The zero-order valence-electron chi connectivity index (χ0n) is 49.9. The van der Waals surface area contributed by atoms with E-state index >= 15 is 0 Å². The average Bonchev–Trinajstić information content (AvgIpc) is 1.50. The second-order valence-corrected chi connectivity index (χ2v) is 25.6. The summed E-state index contributed by atoms with van der Waals surface area (Å²) in [7, 11) is 0. The van der Waals surface area contributed by atoms with Crippen molar-refractivity contribution >= 4 is 136 Å². The normalized spacial score (nSPS) is 13.7. The number of nitrogens with zero attached hydrogens (tertiary/aromatic N) is 2. The zero-order valence-corrected chi connectivity index (χ0v) is 49.9. The molecule has 2 nitrogen and oxygen atoms in total. The van der Waals surface area contributed by atoms with Gasteiger partial charge in [-0.15, -0.1) is 0 Å². The van der Waals surface area contributed by atoms with Crippen LogP contribution < -0.4 is 65.6 Å². The number of aromatic nitrogens is 2. The Kier molecular flexibility index (Phi) is 10.9. The zero-order chi connectivity index (χ0) is 59.5. The molecule has 0 fully saturated rings. The molecule has 20 rings (SSSR count). The van der Waals surface area contributed by atoms with Crippen molar-refractivity contribution in [3.05, 3.63) is 350 Å². The van der Waals surface area contributed by atoms with Crippen molar-refractivity contribution in [1.82, 2.24) is 9.13 Å². The fourth-order valence-corrected chi connectivity index (χ4v) is 18.0. The van der Waals surface area contributed by atoms with E-state index in [4.69, 9.17) is 0 Å². The first-order valence-electron chi connectivity index (χ1n) is 32.2. The minimum Gasteiger partial charge on any atom is -0.309 e. The van der Waals surface area contributed by atoms with Crippen LogP contribution in [0.1, 0.15) is 22.3 Å². The maximum atomic E-state index is 2.60. The van der Waals surface area contributed by atoms with Crippen LogP contribution >= 0.6 is 0 Å². The Labute approximate surface area is 530 Å².